The second-order valence-electron chi connectivity index (χ2n) is 5.96. The van der Waals surface area contributed by atoms with Crippen LogP contribution in [-0.4, -0.2) is 47.1 Å². The molecule has 0 unspecified atom stereocenters. The van der Waals surface area contributed by atoms with Crippen LogP contribution < -0.4 is 19.1 Å². The van der Waals surface area contributed by atoms with Crippen LogP contribution in [0.4, 0.5) is 11.4 Å². The maximum absolute atomic E-state index is 12.8. The van der Waals surface area contributed by atoms with Crippen molar-refractivity contribution in [1.29, 1.82) is 0 Å². The summed E-state index contributed by atoms with van der Waals surface area (Å²) in [5, 5.41) is 2.81. The lowest BCUT2D eigenvalue weighted by atomic mass is 10.2. The van der Waals surface area contributed by atoms with E-state index in [1.807, 2.05) is 24.5 Å². The summed E-state index contributed by atoms with van der Waals surface area (Å²) in [4.78, 5) is 13.7. The van der Waals surface area contributed by atoms with Gasteiger partial charge in [-0.1, -0.05) is 12.1 Å². The van der Waals surface area contributed by atoms with E-state index >= 15 is 0 Å². The van der Waals surface area contributed by atoms with Crippen LogP contribution in [0.2, 0.25) is 0 Å². The zero-order valence-corrected chi connectivity index (χ0v) is 18.1. The Hall–Kier alpha value is -2.39. The zero-order valence-electron chi connectivity index (χ0n) is 16.4. The predicted molar refractivity (Wildman–Crippen MR) is 113 cm³/mol. The highest BCUT2D eigenvalue weighted by Crippen LogP contribution is 2.33. The molecule has 0 spiro atoms. The van der Waals surface area contributed by atoms with E-state index in [1.54, 1.807) is 18.2 Å². The molecule has 0 saturated carbocycles. The number of sulfonamides is 1. The van der Waals surface area contributed by atoms with Gasteiger partial charge in [-0.15, -0.1) is 11.8 Å². The van der Waals surface area contributed by atoms with Crippen LogP contribution in [0.5, 0.6) is 11.5 Å². The number of amides is 1. The third-order valence-corrected chi connectivity index (χ3v) is 6.11. The molecule has 2 aromatic carbocycles. The van der Waals surface area contributed by atoms with Crippen molar-refractivity contribution in [3.8, 4) is 11.5 Å². The Kier molecular flexibility index (Phi) is 7.20. The fourth-order valence-corrected chi connectivity index (χ4v) is 4.48. The smallest absolute Gasteiger partial charge is 0.248 e. The van der Waals surface area contributed by atoms with Gasteiger partial charge in [0, 0.05) is 11.0 Å². The van der Waals surface area contributed by atoms with Crippen LogP contribution >= 0.6 is 11.8 Å². The molecule has 28 heavy (non-hydrogen) atoms. The van der Waals surface area contributed by atoms with E-state index in [4.69, 9.17) is 9.47 Å². The van der Waals surface area contributed by atoms with E-state index in [-0.39, 0.29) is 0 Å². The molecule has 2 aromatic rings. The number of methoxy groups -OCH3 is 2. The molecule has 9 heteroatoms. The van der Waals surface area contributed by atoms with E-state index < -0.39 is 22.0 Å². The van der Waals surface area contributed by atoms with Crippen molar-refractivity contribution in [1.82, 2.24) is 0 Å². The summed E-state index contributed by atoms with van der Waals surface area (Å²) in [5.74, 6) is 0.390. The molecular formula is C19H24N2O5S2. The molecule has 2 rings (SSSR count). The number of thioether (sulfide) groups is 1. The van der Waals surface area contributed by atoms with E-state index in [0.717, 1.165) is 15.5 Å². The molecule has 0 bridgehead atoms. The SMILES string of the molecule is COc1ccc(N([C@@H](C)C(=O)Nc2ccccc2SC)S(C)(=O)=O)cc1OC. The molecule has 0 radical (unpaired) electrons. The van der Waals surface area contributed by atoms with E-state index in [9.17, 15) is 13.2 Å². The van der Waals surface area contributed by atoms with Crippen molar-refractivity contribution in [2.45, 2.75) is 17.9 Å². The molecular weight excluding hydrogens is 400 g/mol. The lowest BCUT2D eigenvalue weighted by Crippen LogP contribution is -2.45. The van der Waals surface area contributed by atoms with Gasteiger partial charge < -0.3 is 14.8 Å². The average Bonchev–Trinajstić information content (AvgIpc) is 2.67. The van der Waals surface area contributed by atoms with Gasteiger partial charge in [-0.3, -0.25) is 9.10 Å². The molecule has 1 atom stereocenters. The molecule has 0 aliphatic carbocycles. The fourth-order valence-electron chi connectivity index (χ4n) is 2.76. The van der Waals surface area contributed by atoms with Crippen LogP contribution in [0.25, 0.3) is 0 Å². The van der Waals surface area contributed by atoms with Crippen molar-refractivity contribution >= 4 is 39.1 Å². The molecule has 152 valence electrons. The molecule has 0 fully saturated rings. The van der Waals surface area contributed by atoms with Crippen molar-refractivity contribution in [3.63, 3.8) is 0 Å². The summed E-state index contributed by atoms with van der Waals surface area (Å²) in [7, 11) is -0.792. The third kappa shape index (κ3) is 4.90. The molecule has 0 saturated heterocycles. The minimum atomic E-state index is -3.74. The van der Waals surface area contributed by atoms with Crippen LogP contribution in [-0.2, 0) is 14.8 Å². The number of carbonyl (C=O) groups excluding carboxylic acids is 1. The highest BCUT2D eigenvalue weighted by molar-refractivity contribution is 7.98. The first kappa shape index (κ1) is 21.9. The van der Waals surface area contributed by atoms with E-state index in [0.29, 0.717) is 22.9 Å². The molecule has 1 amide bonds. The molecule has 0 aromatic heterocycles. The largest absolute Gasteiger partial charge is 0.493 e. The minimum Gasteiger partial charge on any atom is -0.493 e. The molecule has 0 aliphatic rings. The quantitative estimate of drug-likeness (QED) is 0.655. The van der Waals surface area contributed by atoms with Gasteiger partial charge in [0.05, 0.1) is 31.9 Å². The van der Waals surface area contributed by atoms with Crippen molar-refractivity contribution in [2.24, 2.45) is 0 Å². The van der Waals surface area contributed by atoms with Crippen molar-refractivity contribution in [2.75, 3.05) is 36.4 Å². The van der Waals surface area contributed by atoms with Crippen LogP contribution in [0.3, 0.4) is 0 Å². The fraction of sp³-hybridized carbons (Fsp3) is 0.316. The summed E-state index contributed by atoms with van der Waals surface area (Å²) < 4.78 is 36.5. The minimum absolute atomic E-state index is 0.306. The topological polar surface area (TPSA) is 84.9 Å². The van der Waals surface area contributed by atoms with Crippen LogP contribution in [0.15, 0.2) is 47.4 Å². The zero-order chi connectivity index (χ0) is 20.9. The highest BCUT2D eigenvalue weighted by Gasteiger charge is 2.30. The number of anilines is 2. The first-order chi connectivity index (χ1) is 13.2. The summed E-state index contributed by atoms with van der Waals surface area (Å²) in [6.45, 7) is 1.54. The van der Waals surface area contributed by atoms with Gasteiger partial charge in [-0.05, 0) is 37.4 Å². The normalized spacial score (nSPS) is 12.2. The molecule has 0 heterocycles. The number of nitrogens with one attached hydrogen (secondary N) is 1. The van der Waals surface area contributed by atoms with Gasteiger partial charge in [0.2, 0.25) is 15.9 Å². The van der Waals surface area contributed by atoms with Crippen LogP contribution in [0.1, 0.15) is 6.92 Å². The summed E-state index contributed by atoms with van der Waals surface area (Å²) in [5.41, 5.74) is 0.938. The molecule has 1 N–H and O–H groups in total. The standard InChI is InChI=1S/C19H24N2O5S2/c1-13(19(22)20-15-8-6-7-9-18(15)27-4)21(28(5,23)24)14-10-11-16(25-2)17(12-14)26-3/h6-13H,1-5H3,(H,20,22)/t13-/m0/s1. The summed E-state index contributed by atoms with van der Waals surface area (Å²) in [6, 6.07) is 11.1. The third-order valence-electron chi connectivity index (χ3n) is 4.07. The number of ether oxygens (including phenoxy) is 2. The number of carbonyl (C=O) groups is 1. The lowest BCUT2D eigenvalue weighted by Gasteiger charge is -2.29. The first-order valence-corrected chi connectivity index (χ1v) is 11.5. The molecule has 0 aliphatic heterocycles. The summed E-state index contributed by atoms with van der Waals surface area (Å²) in [6.07, 6.45) is 2.96. The Balaban J connectivity index is 2.39. The van der Waals surface area contributed by atoms with Gasteiger partial charge in [-0.25, -0.2) is 8.42 Å². The Morgan fingerprint density at radius 3 is 2.32 bits per heavy atom. The predicted octanol–water partition coefficient (Wildman–Crippen LogP) is 3.22. The number of hydrogen-bond donors (Lipinski definition) is 1. The molecule has 7 nitrogen and oxygen atoms in total. The van der Waals surface area contributed by atoms with Crippen molar-refractivity contribution < 1.29 is 22.7 Å². The second kappa shape index (κ2) is 9.20. The average molecular weight is 425 g/mol. The number of nitrogens with zero attached hydrogens (tertiary/aromatic N) is 1. The monoisotopic (exact) mass is 424 g/mol. The number of hydrogen-bond acceptors (Lipinski definition) is 6. The van der Waals surface area contributed by atoms with Crippen molar-refractivity contribution in [3.05, 3.63) is 42.5 Å². The Morgan fingerprint density at radius 1 is 1.11 bits per heavy atom. The van der Waals surface area contributed by atoms with Gasteiger partial charge in [0.25, 0.3) is 0 Å². The van der Waals surface area contributed by atoms with Gasteiger partial charge in [-0.2, -0.15) is 0 Å². The number of rotatable bonds is 8. The van der Waals surface area contributed by atoms with E-state index in [2.05, 4.69) is 5.32 Å². The van der Waals surface area contributed by atoms with Crippen LogP contribution in [0, 0.1) is 0 Å². The second-order valence-corrected chi connectivity index (χ2v) is 8.67. The van der Waals surface area contributed by atoms with Gasteiger partial charge in [0.1, 0.15) is 6.04 Å². The Labute approximate surface area is 170 Å². The highest BCUT2D eigenvalue weighted by atomic mass is 32.2. The van der Waals surface area contributed by atoms with Gasteiger partial charge >= 0.3 is 0 Å². The first-order valence-electron chi connectivity index (χ1n) is 8.38. The Bertz CT molecular complexity index is 947. The number of para-hydroxylation sites is 1. The maximum atomic E-state index is 12.8. The number of benzene rings is 2. The van der Waals surface area contributed by atoms with E-state index in [1.165, 1.54) is 39.0 Å². The maximum Gasteiger partial charge on any atom is 0.248 e. The summed E-state index contributed by atoms with van der Waals surface area (Å²) >= 11 is 1.49. The van der Waals surface area contributed by atoms with Gasteiger partial charge in [0.15, 0.2) is 11.5 Å². The lowest BCUT2D eigenvalue weighted by molar-refractivity contribution is -0.116. The Morgan fingerprint density at radius 2 is 1.75 bits per heavy atom.